The summed E-state index contributed by atoms with van der Waals surface area (Å²) in [6, 6.07) is 16.1. The Balaban J connectivity index is 1.37. The van der Waals surface area contributed by atoms with E-state index in [1.54, 1.807) is 0 Å². The molecular formula is C22H20Cl2N6. The molecule has 0 fully saturated rings. The monoisotopic (exact) mass is 438 g/mol. The molecule has 0 aliphatic carbocycles. The predicted octanol–water partition coefficient (Wildman–Crippen LogP) is 4.88. The minimum absolute atomic E-state index is 0.565. The number of H-pyrrole nitrogens is 1. The fourth-order valence-corrected chi connectivity index (χ4v) is 4.10. The molecule has 30 heavy (non-hydrogen) atoms. The van der Waals surface area contributed by atoms with Crippen LogP contribution < -0.4 is 10.2 Å². The van der Waals surface area contributed by atoms with Gasteiger partial charge in [-0.2, -0.15) is 15.1 Å². The van der Waals surface area contributed by atoms with Gasteiger partial charge in [0.15, 0.2) is 5.65 Å². The van der Waals surface area contributed by atoms with Gasteiger partial charge in [-0.1, -0.05) is 59.6 Å². The van der Waals surface area contributed by atoms with Crippen molar-refractivity contribution in [3.8, 4) is 0 Å². The summed E-state index contributed by atoms with van der Waals surface area (Å²) in [6.07, 6.45) is 1.67. The van der Waals surface area contributed by atoms with Crippen LogP contribution in [0.15, 0.2) is 48.5 Å². The molecule has 3 heterocycles. The van der Waals surface area contributed by atoms with Crippen LogP contribution in [0.5, 0.6) is 0 Å². The molecular weight excluding hydrogens is 419 g/mol. The lowest BCUT2D eigenvalue weighted by Gasteiger charge is -2.28. The summed E-state index contributed by atoms with van der Waals surface area (Å²) in [6.45, 7) is 2.37. The first-order chi connectivity index (χ1) is 14.7. The molecule has 0 saturated carbocycles. The largest absolute Gasteiger partial charge is 0.354 e. The maximum atomic E-state index is 6.11. The van der Waals surface area contributed by atoms with Gasteiger partial charge in [-0.05, 0) is 29.7 Å². The topological polar surface area (TPSA) is 69.7 Å². The minimum Gasteiger partial charge on any atom is -0.354 e. The molecule has 1 aliphatic rings. The van der Waals surface area contributed by atoms with E-state index in [1.165, 1.54) is 5.56 Å². The van der Waals surface area contributed by atoms with E-state index in [0.29, 0.717) is 22.5 Å². The number of aromatic nitrogens is 4. The molecule has 5 rings (SSSR count). The third-order valence-electron chi connectivity index (χ3n) is 5.29. The zero-order valence-electron chi connectivity index (χ0n) is 16.2. The Labute approximate surface area is 184 Å². The van der Waals surface area contributed by atoms with E-state index in [9.17, 15) is 0 Å². The molecule has 0 saturated heterocycles. The Morgan fingerprint density at radius 2 is 1.87 bits per heavy atom. The second-order valence-electron chi connectivity index (χ2n) is 7.35. The molecule has 0 atom stereocenters. The van der Waals surface area contributed by atoms with Crippen LogP contribution in [0.4, 0.5) is 11.8 Å². The molecule has 6 nitrogen and oxygen atoms in total. The van der Waals surface area contributed by atoms with Gasteiger partial charge in [0.2, 0.25) is 5.95 Å². The number of aromatic amines is 1. The molecule has 0 bridgehead atoms. The van der Waals surface area contributed by atoms with Crippen LogP contribution >= 0.6 is 23.2 Å². The number of anilines is 2. The quantitative estimate of drug-likeness (QED) is 0.448. The van der Waals surface area contributed by atoms with Crippen molar-refractivity contribution in [1.29, 1.82) is 0 Å². The number of hydrogen-bond acceptors (Lipinski definition) is 5. The van der Waals surface area contributed by atoms with Crippen molar-refractivity contribution in [1.82, 2.24) is 20.2 Å². The molecule has 0 spiro atoms. The summed E-state index contributed by atoms with van der Waals surface area (Å²) in [5.41, 5.74) is 4.16. The van der Waals surface area contributed by atoms with Gasteiger partial charge in [-0.25, -0.2) is 0 Å². The van der Waals surface area contributed by atoms with Crippen LogP contribution in [-0.4, -0.2) is 33.3 Å². The highest BCUT2D eigenvalue weighted by atomic mass is 35.5. The number of rotatable bonds is 6. The third kappa shape index (κ3) is 3.80. The average molecular weight is 439 g/mol. The van der Waals surface area contributed by atoms with E-state index in [-0.39, 0.29) is 0 Å². The molecule has 152 valence electrons. The number of nitrogens with one attached hydrogen (secondary N) is 2. The van der Waals surface area contributed by atoms with Crippen LogP contribution in [-0.2, 0) is 19.4 Å². The maximum absolute atomic E-state index is 6.11. The smallest absolute Gasteiger partial charge is 0.226 e. The highest BCUT2D eigenvalue weighted by Gasteiger charge is 2.24. The number of hydrogen-bond donors (Lipinski definition) is 2. The number of benzene rings is 2. The summed E-state index contributed by atoms with van der Waals surface area (Å²) >= 11 is 12.1. The molecule has 2 N–H and O–H groups in total. The number of halogens is 2. The second-order valence-corrected chi connectivity index (χ2v) is 8.16. The van der Waals surface area contributed by atoms with Gasteiger partial charge in [-0.3, -0.25) is 5.10 Å². The summed E-state index contributed by atoms with van der Waals surface area (Å²) in [4.78, 5) is 11.8. The maximum Gasteiger partial charge on any atom is 0.226 e. The van der Waals surface area contributed by atoms with E-state index >= 15 is 0 Å². The summed E-state index contributed by atoms with van der Waals surface area (Å²) < 4.78 is 0. The fraction of sp³-hybridized carbons (Fsp3) is 0.227. The van der Waals surface area contributed by atoms with Crippen molar-refractivity contribution in [2.75, 3.05) is 23.3 Å². The van der Waals surface area contributed by atoms with Gasteiger partial charge in [0.05, 0.1) is 21.1 Å². The van der Waals surface area contributed by atoms with Gasteiger partial charge in [0.25, 0.3) is 0 Å². The molecule has 0 unspecified atom stereocenters. The van der Waals surface area contributed by atoms with Crippen LogP contribution in [0.25, 0.3) is 11.0 Å². The molecule has 4 aromatic rings. The van der Waals surface area contributed by atoms with Gasteiger partial charge in [-0.15, -0.1) is 0 Å². The Morgan fingerprint density at radius 3 is 2.70 bits per heavy atom. The van der Waals surface area contributed by atoms with E-state index in [0.717, 1.165) is 54.0 Å². The summed E-state index contributed by atoms with van der Waals surface area (Å²) in [7, 11) is 0. The lowest BCUT2D eigenvalue weighted by molar-refractivity contribution is 0.747. The normalized spacial score (nSPS) is 13.1. The Bertz CT molecular complexity index is 1190. The van der Waals surface area contributed by atoms with Crippen molar-refractivity contribution < 1.29 is 0 Å². The first kappa shape index (κ1) is 19.2. The predicted molar refractivity (Wildman–Crippen MR) is 122 cm³/mol. The van der Waals surface area contributed by atoms with Crippen molar-refractivity contribution in [2.45, 2.75) is 19.4 Å². The van der Waals surface area contributed by atoms with Crippen LogP contribution in [0.1, 0.15) is 16.8 Å². The summed E-state index contributed by atoms with van der Waals surface area (Å²) in [5.74, 6) is 1.52. The molecule has 2 aromatic heterocycles. The van der Waals surface area contributed by atoms with E-state index in [4.69, 9.17) is 28.2 Å². The van der Waals surface area contributed by atoms with E-state index in [2.05, 4.69) is 49.7 Å². The van der Waals surface area contributed by atoms with E-state index < -0.39 is 0 Å². The van der Waals surface area contributed by atoms with Crippen LogP contribution in [0, 0.1) is 0 Å². The third-order valence-corrected chi connectivity index (χ3v) is 6.03. The van der Waals surface area contributed by atoms with Gasteiger partial charge in [0, 0.05) is 26.1 Å². The molecule has 1 aliphatic heterocycles. The highest BCUT2D eigenvalue weighted by molar-refractivity contribution is 6.42. The van der Waals surface area contributed by atoms with Gasteiger partial charge < -0.3 is 10.2 Å². The zero-order valence-corrected chi connectivity index (χ0v) is 17.7. The first-order valence-corrected chi connectivity index (χ1v) is 10.6. The van der Waals surface area contributed by atoms with E-state index in [1.807, 2.05) is 24.3 Å². The van der Waals surface area contributed by atoms with Crippen LogP contribution in [0.3, 0.4) is 0 Å². The molecule has 2 aromatic carbocycles. The van der Waals surface area contributed by atoms with Crippen molar-refractivity contribution in [3.05, 3.63) is 75.4 Å². The SMILES string of the molecule is Clc1ccc(CCNc2nc3c4c(n[nH]c4n2)CCN3Cc2ccccc2)cc1Cl. The Hall–Kier alpha value is -2.83. The number of nitrogens with zero attached hydrogens (tertiary/aromatic N) is 4. The molecule has 0 amide bonds. The van der Waals surface area contributed by atoms with Crippen molar-refractivity contribution >= 4 is 46.0 Å². The fourth-order valence-electron chi connectivity index (χ4n) is 3.78. The lowest BCUT2D eigenvalue weighted by atomic mass is 10.1. The molecule has 8 heteroatoms. The van der Waals surface area contributed by atoms with Gasteiger partial charge in [0.1, 0.15) is 5.82 Å². The van der Waals surface area contributed by atoms with Crippen molar-refractivity contribution in [2.24, 2.45) is 0 Å². The highest BCUT2D eigenvalue weighted by Crippen LogP contribution is 2.32. The van der Waals surface area contributed by atoms with Crippen molar-refractivity contribution in [3.63, 3.8) is 0 Å². The standard InChI is InChI=1S/C22H20Cl2N6/c23-16-7-6-14(12-17(16)24)8-10-25-22-26-20-19-18(28-29-20)9-11-30(21(19)27-22)13-15-4-2-1-3-5-15/h1-7,12H,8-11,13H2,(H2,25,26,27,28,29). The van der Waals surface area contributed by atoms with Crippen LogP contribution in [0.2, 0.25) is 10.0 Å². The lowest BCUT2D eigenvalue weighted by Crippen LogP contribution is -2.29. The Kier molecular flexibility index (Phi) is 5.19. The second kappa shape index (κ2) is 8.13. The Morgan fingerprint density at radius 1 is 1.00 bits per heavy atom. The minimum atomic E-state index is 0.565. The average Bonchev–Trinajstić information content (AvgIpc) is 3.17. The first-order valence-electron chi connectivity index (χ1n) is 9.89. The van der Waals surface area contributed by atoms with Gasteiger partial charge >= 0.3 is 0 Å². The molecule has 0 radical (unpaired) electrons. The zero-order chi connectivity index (χ0) is 20.5. The summed E-state index contributed by atoms with van der Waals surface area (Å²) in [5, 5.41) is 13.0.